The van der Waals surface area contributed by atoms with Crippen LogP contribution in [0.4, 0.5) is 11.4 Å². The third-order valence-electron chi connectivity index (χ3n) is 4.77. The fourth-order valence-electron chi connectivity index (χ4n) is 3.00. The van der Waals surface area contributed by atoms with Crippen LogP contribution in [0.25, 0.3) is 0 Å². The number of esters is 1. The van der Waals surface area contributed by atoms with Crippen molar-refractivity contribution in [3.8, 4) is 0 Å². The maximum Gasteiger partial charge on any atom is 0.338 e. The molecule has 0 aromatic heterocycles. The van der Waals surface area contributed by atoms with Crippen molar-refractivity contribution in [2.24, 2.45) is 0 Å². The summed E-state index contributed by atoms with van der Waals surface area (Å²) in [5.74, 6) is -1.56. The van der Waals surface area contributed by atoms with Crippen LogP contribution < -0.4 is 5.32 Å². The van der Waals surface area contributed by atoms with Gasteiger partial charge in [0.25, 0.3) is 11.6 Å². The van der Waals surface area contributed by atoms with Gasteiger partial charge in [-0.15, -0.1) is 0 Å². The van der Waals surface area contributed by atoms with E-state index in [2.05, 4.69) is 5.32 Å². The Labute approximate surface area is 186 Å². The minimum atomic E-state index is -3.78. The molecule has 2 aromatic carbocycles. The van der Waals surface area contributed by atoms with Gasteiger partial charge in [-0.3, -0.25) is 14.9 Å². The number of aryl methyl sites for hydroxylation is 2. The predicted octanol–water partition coefficient (Wildman–Crippen LogP) is 3.04. The molecule has 0 spiro atoms. The van der Waals surface area contributed by atoms with Gasteiger partial charge in [-0.25, -0.2) is 13.2 Å². The van der Waals surface area contributed by atoms with Crippen LogP contribution in [0.3, 0.4) is 0 Å². The number of amides is 1. The average molecular weight is 464 g/mol. The van der Waals surface area contributed by atoms with Gasteiger partial charge >= 0.3 is 5.97 Å². The van der Waals surface area contributed by atoms with Crippen molar-refractivity contribution < 1.29 is 27.7 Å². The van der Waals surface area contributed by atoms with Crippen LogP contribution in [0.1, 0.15) is 35.3 Å². The van der Waals surface area contributed by atoms with Crippen LogP contribution in [-0.4, -0.2) is 49.2 Å². The highest BCUT2D eigenvalue weighted by Gasteiger charge is 2.25. The molecule has 0 aliphatic heterocycles. The van der Waals surface area contributed by atoms with Gasteiger partial charge in [0, 0.05) is 30.4 Å². The van der Waals surface area contributed by atoms with Gasteiger partial charge < -0.3 is 10.1 Å². The van der Waals surface area contributed by atoms with E-state index in [0.717, 1.165) is 0 Å². The van der Waals surface area contributed by atoms with E-state index in [1.807, 2.05) is 0 Å². The van der Waals surface area contributed by atoms with Gasteiger partial charge in [0.05, 0.1) is 15.4 Å². The number of rotatable bonds is 9. The van der Waals surface area contributed by atoms with Gasteiger partial charge in [0.15, 0.2) is 6.61 Å². The van der Waals surface area contributed by atoms with Crippen LogP contribution in [0.15, 0.2) is 41.3 Å². The van der Waals surface area contributed by atoms with E-state index in [1.165, 1.54) is 40.7 Å². The smallest absolute Gasteiger partial charge is 0.338 e. The van der Waals surface area contributed by atoms with E-state index in [0.29, 0.717) is 11.1 Å². The van der Waals surface area contributed by atoms with Crippen molar-refractivity contribution in [1.82, 2.24) is 4.31 Å². The lowest BCUT2D eigenvalue weighted by atomic mass is 10.1. The van der Waals surface area contributed by atoms with E-state index >= 15 is 0 Å². The summed E-state index contributed by atoms with van der Waals surface area (Å²) in [6.07, 6.45) is 0. The number of nitro groups is 1. The number of hydrogen-bond acceptors (Lipinski definition) is 7. The summed E-state index contributed by atoms with van der Waals surface area (Å²) in [6, 6.07) is 8.33. The number of hydrogen-bond donors (Lipinski definition) is 1. The van der Waals surface area contributed by atoms with Crippen molar-refractivity contribution in [2.75, 3.05) is 25.0 Å². The maximum atomic E-state index is 12.8. The number of benzene rings is 2. The molecule has 0 fully saturated rings. The lowest BCUT2D eigenvalue weighted by molar-refractivity contribution is -0.385. The van der Waals surface area contributed by atoms with Crippen LogP contribution in [0.2, 0.25) is 0 Å². The number of nitrogens with one attached hydrogen (secondary N) is 1. The Bertz CT molecular complexity index is 1140. The lowest BCUT2D eigenvalue weighted by Crippen LogP contribution is -2.31. The third-order valence-corrected chi connectivity index (χ3v) is 6.96. The van der Waals surface area contributed by atoms with Crippen molar-refractivity contribution in [3.63, 3.8) is 0 Å². The Morgan fingerprint density at radius 2 is 1.69 bits per heavy atom. The normalized spacial score (nSPS) is 11.3. The Kier molecular flexibility index (Phi) is 8.06. The second kappa shape index (κ2) is 10.3. The second-order valence-electron chi connectivity index (χ2n) is 6.95. The Morgan fingerprint density at radius 3 is 2.28 bits per heavy atom. The summed E-state index contributed by atoms with van der Waals surface area (Å²) in [5.41, 5.74) is 0.939. The van der Waals surface area contributed by atoms with Gasteiger partial charge in [0.2, 0.25) is 10.0 Å². The van der Waals surface area contributed by atoms with E-state index in [1.54, 1.807) is 27.7 Å². The molecular formula is C21H25N3O7S. The first-order valence-electron chi connectivity index (χ1n) is 9.84. The number of nitrogens with zero attached hydrogens (tertiary/aromatic N) is 2. The summed E-state index contributed by atoms with van der Waals surface area (Å²) >= 11 is 0. The highest BCUT2D eigenvalue weighted by atomic mass is 32.2. The zero-order valence-corrected chi connectivity index (χ0v) is 19.1. The van der Waals surface area contributed by atoms with Gasteiger partial charge in [0.1, 0.15) is 0 Å². The van der Waals surface area contributed by atoms with Crippen LogP contribution in [0.5, 0.6) is 0 Å². The summed E-state index contributed by atoms with van der Waals surface area (Å²) in [4.78, 5) is 34.9. The predicted molar refractivity (Wildman–Crippen MR) is 118 cm³/mol. The monoisotopic (exact) mass is 463 g/mol. The maximum absolute atomic E-state index is 12.8. The highest BCUT2D eigenvalue weighted by Crippen LogP contribution is 2.23. The quantitative estimate of drug-likeness (QED) is 0.343. The van der Waals surface area contributed by atoms with E-state index in [4.69, 9.17) is 4.74 Å². The first-order valence-corrected chi connectivity index (χ1v) is 11.3. The number of nitro benzene ring substituents is 1. The zero-order valence-electron chi connectivity index (χ0n) is 18.2. The highest BCUT2D eigenvalue weighted by molar-refractivity contribution is 7.89. The summed E-state index contributed by atoms with van der Waals surface area (Å²) in [7, 11) is -3.78. The van der Waals surface area contributed by atoms with E-state index in [-0.39, 0.29) is 34.9 Å². The number of carbonyl (C=O) groups excluding carboxylic acids is 2. The molecule has 2 aromatic rings. The molecule has 0 heterocycles. The molecule has 2 rings (SSSR count). The van der Waals surface area contributed by atoms with Crippen molar-refractivity contribution in [1.29, 1.82) is 0 Å². The topological polar surface area (TPSA) is 136 Å². The zero-order chi connectivity index (χ0) is 24.1. The third kappa shape index (κ3) is 5.68. The average Bonchev–Trinajstić information content (AvgIpc) is 2.74. The molecule has 0 unspecified atom stereocenters. The summed E-state index contributed by atoms with van der Waals surface area (Å²) in [6.45, 7) is 6.55. The van der Waals surface area contributed by atoms with Gasteiger partial charge in [-0.1, -0.05) is 26.0 Å². The van der Waals surface area contributed by atoms with Crippen molar-refractivity contribution in [3.05, 3.63) is 63.2 Å². The number of ether oxygens (including phenoxy) is 1. The molecular weight excluding hydrogens is 438 g/mol. The Balaban J connectivity index is 2.11. The molecule has 0 aliphatic carbocycles. The standard InChI is InChI=1S/C21H25N3O7S/c1-5-23(6-2)32(29,30)19-11-16(9-7-15(19)4)21(26)31-13-20(25)22-17-10-8-14(3)18(12-17)24(27)28/h7-12H,5-6,13H2,1-4H3,(H,22,25). The van der Waals surface area contributed by atoms with Crippen LogP contribution in [-0.2, 0) is 19.6 Å². The van der Waals surface area contributed by atoms with Crippen molar-refractivity contribution in [2.45, 2.75) is 32.6 Å². The van der Waals surface area contributed by atoms with Crippen molar-refractivity contribution >= 4 is 33.3 Å². The summed E-state index contributed by atoms with van der Waals surface area (Å²) in [5, 5.41) is 13.4. The molecule has 1 amide bonds. The largest absolute Gasteiger partial charge is 0.452 e. The molecule has 0 radical (unpaired) electrons. The number of carbonyl (C=O) groups is 2. The SMILES string of the molecule is CCN(CC)S(=O)(=O)c1cc(C(=O)OCC(=O)Nc2ccc(C)c([N+](=O)[O-])c2)ccc1C. The molecule has 0 saturated heterocycles. The summed E-state index contributed by atoms with van der Waals surface area (Å²) < 4.78 is 31.9. The minimum absolute atomic E-state index is 0.00735. The molecule has 1 N–H and O–H groups in total. The van der Waals surface area contributed by atoms with Gasteiger partial charge in [-0.05, 0) is 37.6 Å². The van der Waals surface area contributed by atoms with Crippen LogP contribution in [0, 0.1) is 24.0 Å². The molecule has 0 saturated carbocycles. The van der Waals surface area contributed by atoms with E-state index in [9.17, 15) is 28.1 Å². The second-order valence-corrected chi connectivity index (χ2v) is 8.86. The number of sulfonamides is 1. The number of anilines is 1. The minimum Gasteiger partial charge on any atom is -0.452 e. The fraction of sp³-hybridized carbons (Fsp3) is 0.333. The molecule has 0 bridgehead atoms. The fourth-order valence-corrected chi connectivity index (χ4v) is 4.71. The van der Waals surface area contributed by atoms with E-state index < -0.39 is 33.4 Å². The molecule has 11 heteroatoms. The molecule has 0 aliphatic rings. The first kappa shape index (κ1) is 25.0. The lowest BCUT2D eigenvalue weighted by Gasteiger charge is -2.20. The van der Waals surface area contributed by atoms with Crippen LogP contribution >= 0.6 is 0 Å². The Morgan fingerprint density at radius 1 is 1.06 bits per heavy atom. The molecule has 32 heavy (non-hydrogen) atoms. The first-order chi connectivity index (χ1) is 15.0. The molecule has 10 nitrogen and oxygen atoms in total. The molecule has 0 atom stereocenters. The molecule has 172 valence electrons. The van der Waals surface area contributed by atoms with Gasteiger partial charge in [-0.2, -0.15) is 4.31 Å². The Hall–Kier alpha value is -3.31.